The fraction of sp³-hybridized carbons (Fsp3) is 0.286. The molecule has 5 N–H and O–H groups in total. The molecule has 8 heteroatoms. The summed E-state index contributed by atoms with van der Waals surface area (Å²) in [6, 6.07) is 0.374. The van der Waals surface area contributed by atoms with Crippen LogP contribution in [0.2, 0.25) is 0 Å². The second-order valence-corrected chi connectivity index (χ2v) is 5.80. The van der Waals surface area contributed by atoms with E-state index in [1.807, 2.05) is 0 Å². The Bertz CT molecular complexity index is 466. The molecule has 1 unspecified atom stereocenters. The lowest BCUT2D eigenvalue weighted by Crippen LogP contribution is -2.41. The fourth-order valence-electron chi connectivity index (χ4n) is 0.820. The third-order valence-electron chi connectivity index (χ3n) is 1.62. The number of hydrogen-bond donors (Lipinski definition) is 3. The molecule has 0 saturated heterocycles. The van der Waals surface area contributed by atoms with Crippen LogP contribution >= 0.6 is 11.3 Å². The predicted octanol–water partition coefficient (Wildman–Crippen LogP) is -0.518. The first-order valence-electron chi connectivity index (χ1n) is 3.98. The Morgan fingerprint density at radius 1 is 1.60 bits per heavy atom. The number of nitrogen functional groups attached to an aromatic ring is 1. The number of nitrogens with two attached hydrogens (primary N) is 2. The smallest absolute Gasteiger partial charge is 0.250 e. The van der Waals surface area contributed by atoms with Crippen LogP contribution in [0.5, 0.6) is 0 Å². The second kappa shape index (κ2) is 4.17. The monoisotopic (exact) mass is 249 g/mol. The molecule has 0 aliphatic rings. The van der Waals surface area contributed by atoms with E-state index in [0.29, 0.717) is 5.69 Å². The lowest BCUT2D eigenvalue weighted by atomic mass is 10.4. The van der Waals surface area contributed by atoms with E-state index in [4.69, 9.17) is 11.5 Å². The lowest BCUT2D eigenvalue weighted by Gasteiger charge is -2.08. The summed E-state index contributed by atoms with van der Waals surface area (Å²) in [7, 11) is -3.70. The van der Waals surface area contributed by atoms with Gasteiger partial charge in [-0.1, -0.05) is 0 Å². The number of nitrogens with one attached hydrogen (secondary N) is 1. The van der Waals surface area contributed by atoms with Gasteiger partial charge in [0.15, 0.2) is 0 Å². The van der Waals surface area contributed by atoms with E-state index in [1.54, 1.807) is 0 Å². The third-order valence-corrected chi connectivity index (χ3v) is 4.62. The highest BCUT2D eigenvalue weighted by atomic mass is 32.2. The highest BCUT2D eigenvalue weighted by molar-refractivity contribution is 7.91. The molecule has 6 nitrogen and oxygen atoms in total. The number of carbonyl (C=O) groups is 1. The van der Waals surface area contributed by atoms with Gasteiger partial charge in [0, 0.05) is 11.1 Å². The van der Waals surface area contributed by atoms with Crippen LogP contribution in [0.1, 0.15) is 6.92 Å². The summed E-state index contributed by atoms with van der Waals surface area (Å²) in [5.41, 5.74) is 10.7. The van der Waals surface area contributed by atoms with Crippen molar-refractivity contribution in [3.05, 3.63) is 11.4 Å². The Labute approximate surface area is 91.3 Å². The van der Waals surface area contributed by atoms with Crippen molar-refractivity contribution in [3.63, 3.8) is 0 Å². The van der Waals surface area contributed by atoms with Gasteiger partial charge in [0.05, 0.1) is 6.04 Å². The summed E-state index contributed by atoms with van der Waals surface area (Å²) in [6.45, 7) is 1.37. The van der Waals surface area contributed by atoms with Gasteiger partial charge in [-0.25, -0.2) is 8.42 Å². The summed E-state index contributed by atoms with van der Waals surface area (Å²) in [5.74, 6) is -0.733. The van der Waals surface area contributed by atoms with Crippen LogP contribution < -0.4 is 16.2 Å². The number of thiophene rings is 1. The quantitative estimate of drug-likeness (QED) is 0.666. The standard InChI is InChI=1S/C7H11N3O3S2/c1-4(7(9)11)10-15(12,13)6-2-5(8)3-14-6/h2-4,10H,8H2,1H3,(H2,9,11). The maximum atomic E-state index is 11.6. The van der Waals surface area contributed by atoms with Gasteiger partial charge in [-0.3, -0.25) is 4.79 Å². The zero-order valence-electron chi connectivity index (χ0n) is 7.93. The van der Waals surface area contributed by atoms with Crippen LogP contribution in [0.15, 0.2) is 15.7 Å². The summed E-state index contributed by atoms with van der Waals surface area (Å²) >= 11 is 0.983. The van der Waals surface area contributed by atoms with Crippen molar-refractivity contribution < 1.29 is 13.2 Å². The Balaban J connectivity index is 2.90. The zero-order chi connectivity index (χ0) is 11.6. The number of hydrogen-bond acceptors (Lipinski definition) is 5. The number of anilines is 1. The summed E-state index contributed by atoms with van der Waals surface area (Å²) in [6.07, 6.45) is 0. The molecule has 0 spiro atoms. The highest BCUT2D eigenvalue weighted by Crippen LogP contribution is 2.21. The zero-order valence-corrected chi connectivity index (χ0v) is 9.56. The Morgan fingerprint density at radius 3 is 2.60 bits per heavy atom. The van der Waals surface area contributed by atoms with E-state index >= 15 is 0 Å². The van der Waals surface area contributed by atoms with Gasteiger partial charge in [-0.05, 0) is 13.0 Å². The average molecular weight is 249 g/mol. The van der Waals surface area contributed by atoms with Crippen LogP contribution in [0.3, 0.4) is 0 Å². The summed E-state index contributed by atoms with van der Waals surface area (Å²) < 4.78 is 25.4. The van der Waals surface area contributed by atoms with E-state index < -0.39 is 22.0 Å². The van der Waals surface area contributed by atoms with Crippen LogP contribution in [0, 0.1) is 0 Å². The molecule has 0 aliphatic heterocycles. The maximum absolute atomic E-state index is 11.6. The second-order valence-electron chi connectivity index (χ2n) is 2.94. The van der Waals surface area contributed by atoms with Crippen LogP contribution in [0.25, 0.3) is 0 Å². The first kappa shape index (κ1) is 12.0. The molecule has 1 amide bonds. The van der Waals surface area contributed by atoms with Gasteiger partial charge >= 0.3 is 0 Å². The molecule has 0 aliphatic carbocycles. The molecule has 1 aromatic rings. The molecule has 0 saturated carbocycles. The average Bonchev–Trinajstić information content (AvgIpc) is 2.51. The van der Waals surface area contributed by atoms with Crippen molar-refractivity contribution in [3.8, 4) is 0 Å². The molecule has 1 heterocycles. The van der Waals surface area contributed by atoms with Gasteiger partial charge in [0.25, 0.3) is 10.0 Å². The molecule has 1 rings (SSSR count). The first-order valence-corrected chi connectivity index (χ1v) is 6.35. The predicted molar refractivity (Wildman–Crippen MR) is 57.7 cm³/mol. The molecular weight excluding hydrogens is 238 g/mol. The van der Waals surface area contributed by atoms with Gasteiger partial charge < -0.3 is 11.5 Å². The molecule has 1 atom stereocenters. The minimum Gasteiger partial charge on any atom is -0.398 e. The normalized spacial score (nSPS) is 13.7. The van der Waals surface area contributed by atoms with E-state index in [0.717, 1.165) is 11.3 Å². The number of rotatable bonds is 4. The number of primary amides is 1. The van der Waals surface area contributed by atoms with Gasteiger partial charge in [0.1, 0.15) is 4.21 Å². The largest absolute Gasteiger partial charge is 0.398 e. The van der Waals surface area contributed by atoms with E-state index in [9.17, 15) is 13.2 Å². The van der Waals surface area contributed by atoms with E-state index in [2.05, 4.69) is 4.72 Å². The molecular formula is C7H11N3O3S2. The van der Waals surface area contributed by atoms with Gasteiger partial charge in [0.2, 0.25) is 5.91 Å². The Kier molecular flexibility index (Phi) is 3.32. The first-order chi connectivity index (χ1) is 6.83. The minimum atomic E-state index is -3.70. The SMILES string of the molecule is CC(NS(=O)(=O)c1cc(N)cs1)C(N)=O. The third kappa shape index (κ3) is 2.91. The molecule has 0 radical (unpaired) electrons. The molecule has 0 bridgehead atoms. The molecule has 0 aromatic carbocycles. The minimum absolute atomic E-state index is 0.0631. The lowest BCUT2D eigenvalue weighted by molar-refractivity contribution is -0.119. The van der Waals surface area contributed by atoms with E-state index in [-0.39, 0.29) is 4.21 Å². The molecule has 0 fully saturated rings. The number of carbonyl (C=O) groups excluding carboxylic acids is 1. The van der Waals surface area contributed by atoms with Crippen molar-refractivity contribution in [2.24, 2.45) is 5.73 Å². The van der Waals surface area contributed by atoms with Crippen LogP contribution in [-0.2, 0) is 14.8 Å². The van der Waals surface area contributed by atoms with Crippen LogP contribution in [-0.4, -0.2) is 20.4 Å². The summed E-state index contributed by atoms with van der Waals surface area (Å²) in [5, 5.41) is 1.50. The summed E-state index contributed by atoms with van der Waals surface area (Å²) in [4.78, 5) is 10.7. The molecule has 84 valence electrons. The highest BCUT2D eigenvalue weighted by Gasteiger charge is 2.21. The number of sulfonamides is 1. The van der Waals surface area contributed by atoms with Crippen molar-refractivity contribution in [1.29, 1.82) is 0 Å². The Morgan fingerprint density at radius 2 is 2.20 bits per heavy atom. The molecule has 15 heavy (non-hydrogen) atoms. The van der Waals surface area contributed by atoms with Crippen LogP contribution in [0.4, 0.5) is 5.69 Å². The molecule has 1 aromatic heterocycles. The van der Waals surface area contributed by atoms with Gasteiger partial charge in [-0.15, -0.1) is 11.3 Å². The van der Waals surface area contributed by atoms with Crippen molar-refractivity contribution in [2.75, 3.05) is 5.73 Å². The Hall–Kier alpha value is -1.12. The fourth-order valence-corrected chi connectivity index (χ4v) is 3.13. The maximum Gasteiger partial charge on any atom is 0.250 e. The van der Waals surface area contributed by atoms with Crippen molar-refractivity contribution in [2.45, 2.75) is 17.2 Å². The van der Waals surface area contributed by atoms with Gasteiger partial charge in [-0.2, -0.15) is 4.72 Å². The van der Waals surface area contributed by atoms with Crippen molar-refractivity contribution >= 4 is 33.0 Å². The number of amides is 1. The topological polar surface area (TPSA) is 115 Å². The van der Waals surface area contributed by atoms with Crippen molar-refractivity contribution in [1.82, 2.24) is 4.72 Å². The van der Waals surface area contributed by atoms with E-state index in [1.165, 1.54) is 18.4 Å².